The first-order valence-electron chi connectivity index (χ1n) is 8.85. The van der Waals surface area contributed by atoms with Gasteiger partial charge in [-0.25, -0.2) is 0 Å². The molecule has 2 aromatic heterocycles. The highest BCUT2D eigenvalue weighted by Gasteiger charge is 2.25. The van der Waals surface area contributed by atoms with Gasteiger partial charge in [-0.1, -0.05) is 68.0 Å². The highest BCUT2D eigenvalue weighted by atomic mass is 32.2. The molecular weight excluding hydrogens is 346 g/mol. The fraction of sp³-hybridized carbons (Fsp3) is 0.474. The third kappa shape index (κ3) is 4.15. The van der Waals surface area contributed by atoms with E-state index in [0.717, 1.165) is 29.8 Å². The number of benzene rings is 1. The van der Waals surface area contributed by atoms with Gasteiger partial charge in [0.2, 0.25) is 5.89 Å². The summed E-state index contributed by atoms with van der Waals surface area (Å²) >= 11 is 1.60. The van der Waals surface area contributed by atoms with Crippen molar-refractivity contribution >= 4 is 11.8 Å². The number of nitrogens with zero attached hydrogens (tertiary/aromatic N) is 5. The average molecular weight is 372 g/mol. The molecule has 0 saturated carbocycles. The van der Waals surface area contributed by atoms with Crippen molar-refractivity contribution in [3.05, 3.63) is 53.4 Å². The van der Waals surface area contributed by atoms with E-state index < -0.39 is 0 Å². The Balaban J connectivity index is 1.76. The van der Waals surface area contributed by atoms with Gasteiger partial charge in [0.15, 0.2) is 11.0 Å². The summed E-state index contributed by atoms with van der Waals surface area (Å²) in [5, 5.41) is 13.8. The van der Waals surface area contributed by atoms with E-state index in [2.05, 4.69) is 71.7 Å². The Morgan fingerprint density at radius 1 is 1.15 bits per heavy atom. The third-order valence-corrected chi connectivity index (χ3v) is 5.13. The van der Waals surface area contributed by atoms with Crippen LogP contribution in [0.15, 0.2) is 40.0 Å². The summed E-state index contributed by atoms with van der Waals surface area (Å²) in [6, 6.07) is 10.3. The summed E-state index contributed by atoms with van der Waals surface area (Å²) < 4.78 is 7.61. The number of hydrogen-bond donors (Lipinski definition) is 0. The van der Waals surface area contributed by atoms with E-state index in [0.29, 0.717) is 5.89 Å². The molecule has 0 fully saturated rings. The number of aromatic nitrogens is 5. The van der Waals surface area contributed by atoms with E-state index in [1.54, 1.807) is 11.8 Å². The maximum Gasteiger partial charge on any atom is 0.239 e. The molecule has 1 aromatic carbocycles. The van der Waals surface area contributed by atoms with Gasteiger partial charge in [0.25, 0.3) is 0 Å². The van der Waals surface area contributed by atoms with E-state index in [1.165, 1.54) is 5.56 Å². The van der Waals surface area contributed by atoms with Crippen molar-refractivity contribution in [3.63, 3.8) is 0 Å². The van der Waals surface area contributed by atoms with Gasteiger partial charge in [-0.3, -0.25) is 0 Å². The van der Waals surface area contributed by atoms with Crippen LogP contribution >= 0.6 is 11.8 Å². The van der Waals surface area contributed by atoms with Gasteiger partial charge in [-0.05, 0) is 19.4 Å². The Labute approximate surface area is 158 Å². The highest BCUT2D eigenvalue weighted by Crippen LogP contribution is 2.34. The monoisotopic (exact) mass is 371 g/mol. The molecule has 3 aromatic rings. The van der Waals surface area contributed by atoms with Crippen molar-refractivity contribution in [1.82, 2.24) is 24.9 Å². The molecule has 1 atom stereocenters. The van der Waals surface area contributed by atoms with Gasteiger partial charge in [0.1, 0.15) is 5.82 Å². The molecule has 6 nitrogen and oxygen atoms in total. The van der Waals surface area contributed by atoms with Crippen LogP contribution in [0, 0.1) is 0 Å². The molecule has 0 N–H and O–H groups in total. The summed E-state index contributed by atoms with van der Waals surface area (Å²) in [6.45, 7) is 11.2. The van der Waals surface area contributed by atoms with E-state index in [1.807, 2.05) is 18.2 Å². The molecule has 26 heavy (non-hydrogen) atoms. The molecule has 0 radical (unpaired) electrons. The van der Waals surface area contributed by atoms with Crippen molar-refractivity contribution in [1.29, 1.82) is 0 Å². The summed E-state index contributed by atoms with van der Waals surface area (Å²) in [4.78, 5) is 4.55. The van der Waals surface area contributed by atoms with Crippen molar-refractivity contribution in [3.8, 4) is 0 Å². The summed E-state index contributed by atoms with van der Waals surface area (Å²) in [5.74, 6) is 2.31. The van der Waals surface area contributed by atoms with E-state index in [9.17, 15) is 0 Å². The number of rotatable bonds is 6. The van der Waals surface area contributed by atoms with Crippen LogP contribution < -0.4 is 0 Å². The molecule has 0 aliphatic heterocycles. The molecule has 0 aliphatic rings. The molecular formula is C19H25N5OS. The third-order valence-electron chi connectivity index (χ3n) is 4.06. The smallest absolute Gasteiger partial charge is 0.239 e. The second-order valence-corrected chi connectivity index (χ2v) is 8.58. The summed E-state index contributed by atoms with van der Waals surface area (Å²) in [7, 11) is 0. The Bertz CT molecular complexity index is 850. The van der Waals surface area contributed by atoms with Gasteiger partial charge in [0.05, 0.1) is 5.25 Å². The van der Waals surface area contributed by atoms with Crippen LogP contribution in [0.25, 0.3) is 0 Å². The first kappa shape index (κ1) is 18.6. The molecule has 0 saturated heterocycles. The van der Waals surface area contributed by atoms with Crippen LogP contribution in [0.2, 0.25) is 0 Å². The number of hydrogen-bond acceptors (Lipinski definition) is 6. The SMILES string of the molecule is CCn1c(Cc2ccccc2)nnc1SC(C)c1nc(C(C)(C)C)no1. The zero-order chi connectivity index (χ0) is 18.7. The van der Waals surface area contributed by atoms with Crippen molar-refractivity contribution in [2.75, 3.05) is 0 Å². The minimum atomic E-state index is -0.127. The van der Waals surface area contributed by atoms with Crippen LogP contribution in [-0.2, 0) is 18.4 Å². The predicted octanol–water partition coefficient (Wildman–Crippen LogP) is 4.42. The average Bonchev–Trinajstić information content (AvgIpc) is 3.23. The minimum absolute atomic E-state index is 0.0117. The molecule has 3 rings (SSSR count). The van der Waals surface area contributed by atoms with Gasteiger partial charge >= 0.3 is 0 Å². The zero-order valence-corrected chi connectivity index (χ0v) is 16.7. The molecule has 1 unspecified atom stereocenters. The van der Waals surface area contributed by atoms with Gasteiger partial charge in [-0.2, -0.15) is 4.98 Å². The van der Waals surface area contributed by atoms with Crippen LogP contribution in [0.1, 0.15) is 63.0 Å². The Hall–Kier alpha value is -2.15. The molecule has 0 amide bonds. The van der Waals surface area contributed by atoms with E-state index in [-0.39, 0.29) is 10.7 Å². The van der Waals surface area contributed by atoms with Crippen molar-refractivity contribution in [2.24, 2.45) is 0 Å². The fourth-order valence-corrected chi connectivity index (χ4v) is 3.51. The van der Waals surface area contributed by atoms with Crippen molar-refractivity contribution in [2.45, 2.75) is 63.4 Å². The molecule has 138 valence electrons. The van der Waals surface area contributed by atoms with Gasteiger partial charge in [-0.15, -0.1) is 10.2 Å². The fourth-order valence-electron chi connectivity index (χ4n) is 2.55. The lowest BCUT2D eigenvalue weighted by Crippen LogP contribution is -2.13. The minimum Gasteiger partial charge on any atom is -0.338 e. The molecule has 2 heterocycles. The first-order chi connectivity index (χ1) is 12.4. The van der Waals surface area contributed by atoms with Gasteiger partial charge in [0, 0.05) is 18.4 Å². The first-order valence-corrected chi connectivity index (χ1v) is 9.73. The maximum absolute atomic E-state index is 5.46. The molecule has 7 heteroatoms. The maximum atomic E-state index is 5.46. The van der Waals surface area contributed by atoms with Gasteiger partial charge < -0.3 is 9.09 Å². The zero-order valence-electron chi connectivity index (χ0n) is 15.9. The number of thioether (sulfide) groups is 1. The van der Waals surface area contributed by atoms with E-state index >= 15 is 0 Å². The largest absolute Gasteiger partial charge is 0.338 e. The predicted molar refractivity (Wildman–Crippen MR) is 102 cm³/mol. The normalized spacial score (nSPS) is 13.1. The lowest BCUT2D eigenvalue weighted by molar-refractivity contribution is 0.364. The van der Waals surface area contributed by atoms with E-state index in [4.69, 9.17) is 4.52 Å². The van der Waals surface area contributed by atoms with Crippen LogP contribution in [0.5, 0.6) is 0 Å². The highest BCUT2D eigenvalue weighted by molar-refractivity contribution is 7.99. The Morgan fingerprint density at radius 2 is 1.88 bits per heavy atom. The Kier molecular flexibility index (Phi) is 5.46. The molecule has 0 aliphatic carbocycles. The van der Waals surface area contributed by atoms with Crippen molar-refractivity contribution < 1.29 is 4.52 Å². The molecule has 0 spiro atoms. The summed E-state index contributed by atoms with van der Waals surface area (Å²) in [6.07, 6.45) is 0.769. The van der Waals surface area contributed by atoms with Crippen LogP contribution in [0.3, 0.4) is 0 Å². The van der Waals surface area contributed by atoms with Crippen LogP contribution in [0.4, 0.5) is 0 Å². The standard InChI is InChI=1S/C19H25N5OS/c1-6-24-15(12-14-10-8-7-9-11-14)21-22-18(24)26-13(2)16-20-17(23-25-16)19(3,4)5/h7-11,13H,6,12H2,1-5H3. The Morgan fingerprint density at radius 3 is 2.50 bits per heavy atom. The van der Waals surface area contributed by atoms with Crippen LogP contribution in [-0.4, -0.2) is 24.9 Å². The topological polar surface area (TPSA) is 69.6 Å². The lowest BCUT2D eigenvalue weighted by atomic mass is 9.96. The second-order valence-electron chi connectivity index (χ2n) is 7.27. The molecule has 0 bridgehead atoms. The second kappa shape index (κ2) is 7.61. The lowest BCUT2D eigenvalue weighted by Gasteiger charge is -2.11. The quantitative estimate of drug-likeness (QED) is 0.597. The summed E-state index contributed by atoms with van der Waals surface area (Å²) in [5.41, 5.74) is 1.10.